The predicted octanol–water partition coefficient (Wildman–Crippen LogP) is 1.90. The van der Waals surface area contributed by atoms with Gasteiger partial charge in [-0.05, 0) is 31.6 Å². The lowest BCUT2D eigenvalue weighted by atomic mass is 9.84. The molecule has 0 spiro atoms. The summed E-state index contributed by atoms with van der Waals surface area (Å²) in [5.74, 6) is 0.607. The minimum Gasteiger partial charge on any atom is -0.380 e. The molecule has 1 aliphatic heterocycles. The van der Waals surface area contributed by atoms with Gasteiger partial charge in [0.05, 0.1) is 19.5 Å². The van der Waals surface area contributed by atoms with Crippen molar-refractivity contribution in [1.29, 1.82) is 0 Å². The van der Waals surface area contributed by atoms with Crippen LogP contribution in [0.3, 0.4) is 0 Å². The first-order valence-electron chi connectivity index (χ1n) is 9.71. The van der Waals surface area contributed by atoms with Gasteiger partial charge in [0.1, 0.15) is 0 Å². The van der Waals surface area contributed by atoms with Crippen LogP contribution in [0.25, 0.3) is 11.2 Å². The highest BCUT2D eigenvalue weighted by Crippen LogP contribution is 2.31. The summed E-state index contributed by atoms with van der Waals surface area (Å²) < 4.78 is 10.1. The average molecular weight is 360 g/mol. The van der Waals surface area contributed by atoms with Crippen LogP contribution in [-0.4, -0.2) is 31.9 Å². The monoisotopic (exact) mass is 360 g/mol. The normalized spacial score (nSPS) is 19.9. The van der Waals surface area contributed by atoms with Gasteiger partial charge in [-0.25, -0.2) is 9.78 Å². The fourth-order valence-corrected chi connectivity index (χ4v) is 4.39. The average Bonchev–Trinajstić information content (AvgIpc) is 3.25. The summed E-state index contributed by atoms with van der Waals surface area (Å²) in [5, 5.41) is 0. The maximum atomic E-state index is 13.1. The molecule has 0 aromatic carbocycles. The summed E-state index contributed by atoms with van der Waals surface area (Å²) in [6.45, 7) is 5.00. The lowest BCUT2D eigenvalue weighted by molar-refractivity contribution is -0.106. The third kappa shape index (κ3) is 3.02. The van der Waals surface area contributed by atoms with Crippen molar-refractivity contribution in [2.75, 3.05) is 13.2 Å². The molecule has 0 atom stereocenters. The second-order valence-electron chi connectivity index (χ2n) is 8.43. The van der Waals surface area contributed by atoms with Crippen molar-refractivity contribution in [2.24, 2.45) is 18.4 Å². The van der Waals surface area contributed by atoms with E-state index in [0.717, 1.165) is 32.6 Å². The summed E-state index contributed by atoms with van der Waals surface area (Å²) in [7, 11) is 1.70. The van der Waals surface area contributed by atoms with Crippen LogP contribution in [0.15, 0.2) is 15.9 Å². The molecule has 4 rings (SSSR count). The molecule has 2 fully saturated rings. The fraction of sp³-hybridized carbons (Fsp3) is 0.737. The molecule has 7 nitrogen and oxygen atoms in total. The number of fused-ring (bicyclic) bond motifs is 1. The van der Waals surface area contributed by atoms with Crippen LogP contribution in [0.5, 0.6) is 0 Å². The molecule has 0 N–H and O–H groups in total. The number of rotatable bonds is 6. The lowest BCUT2D eigenvalue weighted by Gasteiger charge is -2.38. The Morgan fingerprint density at radius 3 is 2.65 bits per heavy atom. The molecule has 1 aliphatic carbocycles. The number of aromatic nitrogens is 4. The first kappa shape index (κ1) is 17.5. The highest BCUT2D eigenvalue weighted by molar-refractivity contribution is 5.69. The molecule has 7 heteroatoms. The zero-order chi connectivity index (χ0) is 18.3. The zero-order valence-corrected chi connectivity index (χ0v) is 15.7. The topological polar surface area (TPSA) is 71.1 Å². The minimum atomic E-state index is -0.274. The summed E-state index contributed by atoms with van der Waals surface area (Å²) >= 11 is 0. The van der Waals surface area contributed by atoms with Gasteiger partial charge in [0.15, 0.2) is 11.2 Å². The highest BCUT2D eigenvalue weighted by atomic mass is 16.5. The van der Waals surface area contributed by atoms with E-state index in [1.807, 2.05) is 4.57 Å². The van der Waals surface area contributed by atoms with Crippen LogP contribution in [-0.2, 0) is 24.9 Å². The molecule has 2 aromatic rings. The van der Waals surface area contributed by atoms with Gasteiger partial charge in [-0.15, -0.1) is 0 Å². The lowest BCUT2D eigenvalue weighted by Crippen LogP contribution is -2.42. The first-order chi connectivity index (χ1) is 12.5. The second kappa shape index (κ2) is 6.68. The maximum Gasteiger partial charge on any atom is 0.332 e. The van der Waals surface area contributed by atoms with E-state index in [-0.39, 0.29) is 16.7 Å². The fourth-order valence-electron chi connectivity index (χ4n) is 4.39. The van der Waals surface area contributed by atoms with E-state index in [4.69, 9.17) is 4.74 Å². The van der Waals surface area contributed by atoms with Gasteiger partial charge >= 0.3 is 5.69 Å². The molecule has 2 aromatic heterocycles. The number of imidazole rings is 1. The second-order valence-corrected chi connectivity index (χ2v) is 8.43. The van der Waals surface area contributed by atoms with E-state index in [1.54, 1.807) is 13.4 Å². The van der Waals surface area contributed by atoms with Gasteiger partial charge in [0.25, 0.3) is 5.56 Å². The van der Waals surface area contributed by atoms with Gasteiger partial charge < -0.3 is 9.30 Å². The quantitative estimate of drug-likeness (QED) is 0.789. The van der Waals surface area contributed by atoms with Crippen LogP contribution in [0.4, 0.5) is 0 Å². The van der Waals surface area contributed by atoms with E-state index in [1.165, 1.54) is 34.8 Å². The molecular formula is C19H28N4O3. The van der Waals surface area contributed by atoms with Gasteiger partial charge in [-0.2, -0.15) is 0 Å². The van der Waals surface area contributed by atoms with Crippen molar-refractivity contribution >= 4 is 11.2 Å². The van der Waals surface area contributed by atoms with Crippen molar-refractivity contribution < 1.29 is 4.74 Å². The standard InChI is InChI=1S/C19H28N4O3/c1-19(11-26-12-19)8-5-9-23-17(24)15-16(21(2)18(23)25)20-13-22(15)10-14-6-3-4-7-14/h13-14H,3-12H2,1-2H3. The molecule has 142 valence electrons. The summed E-state index contributed by atoms with van der Waals surface area (Å²) in [6, 6.07) is 0. The minimum absolute atomic E-state index is 0.198. The third-order valence-electron chi connectivity index (χ3n) is 6.09. The highest BCUT2D eigenvalue weighted by Gasteiger charge is 2.32. The molecule has 0 radical (unpaired) electrons. The Labute approximate surface area is 152 Å². The van der Waals surface area contributed by atoms with E-state index < -0.39 is 0 Å². The Bertz CT molecular complexity index is 913. The number of aryl methyl sites for hydroxylation is 1. The molecule has 26 heavy (non-hydrogen) atoms. The SMILES string of the molecule is Cn1c(=O)n(CCCC2(C)COC2)c(=O)c2c1ncn2CC1CCCC1. The molecular weight excluding hydrogens is 332 g/mol. The van der Waals surface area contributed by atoms with Gasteiger partial charge in [0.2, 0.25) is 0 Å². The van der Waals surface area contributed by atoms with E-state index in [9.17, 15) is 9.59 Å². The van der Waals surface area contributed by atoms with E-state index in [0.29, 0.717) is 23.6 Å². The summed E-state index contributed by atoms with van der Waals surface area (Å²) in [4.78, 5) is 30.1. The van der Waals surface area contributed by atoms with Gasteiger partial charge in [-0.1, -0.05) is 19.8 Å². The molecule has 2 aliphatic rings. The Kier molecular flexibility index (Phi) is 4.50. The largest absolute Gasteiger partial charge is 0.380 e. The van der Waals surface area contributed by atoms with Crippen molar-refractivity contribution in [3.63, 3.8) is 0 Å². The van der Waals surface area contributed by atoms with Crippen LogP contribution in [0, 0.1) is 11.3 Å². The van der Waals surface area contributed by atoms with Gasteiger partial charge in [-0.3, -0.25) is 13.9 Å². The molecule has 0 bridgehead atoms. The zero-order valence-electron chi connectivity index (χ0n) is 15.7. The Balaban J connectivity index is 1.63. The van der Waals surface area contributed by atoms with Crippen LogP contribution in [0.2, 0.25) is 0 Å². The van der Waals surface area contributed by atoms with Crippen molar-refractivity contribution in [3.8, 4) is 0 Å². The number of ether oxygens (including phenoxy) is 1. The van der Waals surface area contributed by atoms with Crippen LogP contribution >= 0.6 is 0 Å². The van der Waals surface area contributed by atoms with Crippen molar-refractivity contribution in [3.05, 3.63) is 27.2 Å². The first-order valence-corrected chi connectivity index (χ1v) is 9.71. The number of nitrogens with zero attached hydrogens (tertiary/aromatic N) is 4. The van der Waals surface area contributed by atoms with Gasteiger partial charge in [0, 0.05) is 25.6 Å². The predicted molar refractivity (Wildman–Crippen MR) is 99.4 cm³/mol. The van der Waals surface area contributed by atoms with Crippen LogP contribution in [0.1, 0.15) is 45.4 Å². The summed E-state index contributed by atoms with van der Waals surface area (Å²) in [5.41, 5.74) is 0.784. The summed E-state index contributed by atoms with van der Waals surface area (Å²) in [6.07, 6.45) is 8.44. The Morgan fingerprint density at radius 1 is 1.27 bits per heavy atom. The molecule has 0 unspecified atom stereocenters. The molecule has 3 heterocycles. The molecule has 1 saturated heterocycles. The Morgan fingerprint density at radius 2 is 2.00 bits per heavy atom. The molecule has 0 amide bonds. The van der Waals surface area contributed by atoms with Crippen molar-refractivity contribution in [2.45, 2.75) is 58.5 Å². The molecule has 1 saturated carbocycles. The van der Waals surface area contributed by atoms with Crippen LogP contribution < -0.4 is 11.2 Å². The van der Waals surface area contributed by atoms with E-state index in [2.05, 4.69) is 11.9 Å². The smallest absolute Gasteiger partial charge is 0.332 e. The Hall–Kier alpha value is -1.89. The number of hydrogen-bond acceptors (Lipinski definition) is 4. The number of hydrogen-bond donors (Lipinski definition) is 0. The third-order valence-corrected chi connectivity index (χ3v) is 6.09. The van der Waals surface area contributed by atoms with Crippen molar-refractivity contribution in [1.82, 2.24) is 18.7 Å². The van der Waals surface area contributed by atoms with E-state index >= 15 is 0 Å². The maximum absolute atomic E-state index is 13.1.